The Hall–Kier alpha value is 0.0569. The van der Waals surface area contributed by atoms with E-state index >= 15 is 0 Å². The summed E-state index contributed by atoms with van der Waals surface area (Å²) < 4.78 is 25.4. The summed E-state index contributed by atoms with van der Waals surface area (Å²) in [5.74, 6) is 0. The van der Waals surface area contributed by atoms with Crippen LogP contribution in [0.4, 0.5) is 0 Å². The fraction of sp³-hybridized carbons (Fsp3) is 1.00. The van der Waals surface area contributed by atoms with Crippen molar-refractivity contribution in [1.82, 2.24) is 0 Å². The molecule has 0 saturated carbocycles. The molecule has 0 bridgehead atoms. The smallest absolute Gasteiger partial charge is 0.351 e. The van der Waals surface area contributed by atoms with Crippen LogP contribution in [0.5, 0.6) is 0 Å². The summed E-state index contributed by atoms with van der Waals surface area (Å²) in [5, 5.41) is 0. The fourth-order valence-electron chi connectivity index (χ4n) is 3.68. The number of rotatable bonds is 27. The maximum Gasteiger partial charge on any atom is 0.679 e. The van der Waals surface area contributed by atoms with Crippen molar-refractivity contribution in [3.8, 4) is 0 Å². The van der Waals surface area contributed by atoms with Crippen LogP contribution in [0, 0.1) is 0 Å². The second-order valence-electron chi connectivity index (χ2n) is 9.20. The van der Waals surface area contributed by atoms with Crippen LogP contribution in [0.25, 0.3) is 0 Å². The molecule has 0 saturated heterocycles. The molecule has 0 rings (SSSR count). The normalized spacial score (nSPS) is 12.0. The Morgan fingerprint density at radius 3 is 0.781 bits per heavy atom. The van der Waals surface area contributed by atoms with Crippen LogP contribution >= 0.6 is 0 Å². The molecule has 0 aliphatic heterocycles. The minimum atomic E-state index is -3.06. The molecular formula is C27H58O4Si. The van der Waals surface area contributed by atoms with Gasteiger partial charge in [0.25, 0.3) is 0 Å². The van der Waals surface area contributed by atoms with E-state index in [2.05, 4.69) is 27.7 Å². The maximum atomic E-state index is 6.34. The fourth-order valence-corrected chi connectivity index (χ4v) is 5.76. The minimum absolute atomic E-state index is 0.688. The van der Waals surface area contributed by atoms with Crippen molar-refractivity contribution >= 4 is 9.05 Å². The Morgan fingerprint density at radius 1 is 0.312 bits per heavy atom. The van der Waals surface area contributed by atoms with E-state index in [1.807, 2.05) is 0 Å². The molecule has 5 heteroatoms. The Balaban J connectivity index is 4.72. The lowest BCUT2D eigenvalue weighted by Gasteiger charge is -2.28. The number of unbranched alkanes of at least 4 members (excludes halogenated alkanes) is 15. The third-order valence-electron chi connectivity index (χ3n) is 5.86. The van der Waals surface area contributed by atoms with Gasteiger partial charge in [-0.1, -0.05) is 124 Å². The SMILES string of the molecule is CCCCCCCO[Si](OCCCCCC)(OCCCCCCC)OCCCCCCC. The van der Waals surface area contributed by atoms with Crippen molar-refractivity contribution < 1.29 is 17.7 Å². The molecule has 0 spiro atoms. The predicted molar refractivity (Wildman–Crippen MR) is 140 cm³/mol. The summed E-state index contributed by atoms with van der Waals surface area (Å²) in [5.41, 5.74) is 0. The molecule has 4 nitrogen and oxygen atoms in total. The highest BCUT2D eigenvalue weighted by atomic mass is 28.4. The van der Waals surface area contributed by atoms with Crippen molar-refractivity contribution in [3.05, 3.63) is 0 Å². The molecule has 0 aromatic rings. The van der Waals surface area contributed by atoms with Crippen LogP contribution in [-0.2, 0) is 17.7 Å². The highest BCUT2D eigenvalue weighted by Gasteiger charge is 2.45. The van der Waals surface area contributed by atoms with E-state index in [1.54, 1.807) is 0 Å². The van der Waals surface area contributed by atoms with Gasteiger partial charge in [0.1, 0.15) is 0 Å². The lowest BCUT2D eigenvalue weighted by molar-refractivity contribution is -0.0375. The zero-order valence-electron chi connectivity index (χ0n) is 22.4. The zero-order valence-corrected chi connectivity index (χ0v) is 23.4. The first-order valence-electron chi connectivity index (χ1n) is 14.3. The van der Waals surface area contributed by atoms with Gasteiger partial charge in [0, 0.05) is 26.4 Å². The first-order valence-corrected chi connectivity index (χ1v) is 15.9. The third-order valence-corrected chi connectivity index (χ3v) is 8.09. The van der Waals surface area contributed by atoms with E-state index in [-0.39, 0.29) is 0 Å². The van der Waals surface area contributed by atoms with Crippen LogP contribution in [0.1, 0.15) is 150 Å². The summed E-state index contributed by atoms with van der Waals surface area (Å²) in [7, 11) is -3.06. The lowest BCUT2D eigenvalue weighted by Crippen LogP contribution is -2.50. The summed E-state index contributed by atoms with van der Waals surface area (Å²) in [4.78, 5) is 0. The summed E-state index contributed by atoms with van der Waals surface area (Å²) in [6, 6.07) is 0. The highest BCUT2D eigenvalue weighted by molar-refractivity contribution is 6.53. The zero-order chi connectivity index (χ0) is 23.6. The van der Waals surface area contributed by atoms with E-state index in [0.29, 0.717) is 26.4 Å². The van der Waals surface area contributed by atoms with E-state index < -0.39 is 9.05 Å². The average Bonchev–Trinajstić information content (AvgIpc) is 2.80. The van der Waals surface area contributed by atoms with Gasteiger partial charge in [0.2, 0.25) is 0 Å². The Morgan fingerprint density at radius 2 is 0.531 bits per heavy atom. The van der Waals surface area contributed by atoms with Gasteiger partial charge >= 0.3 is 9.05 Å². The summed E-state index contributed by atoms with van der Waals surface area (Å²) in [6.45, 7) is 11.8. The first kappa shape index (κ1) is 32.1. The standard InChI is InChI=1S/C27H58O4Si/c1-5-9-13-17-21-25-29-32(28-24-20-16-12-8-4,30-26-22-18-14-10-6-2)31-27-23-19-15-11-7-3/h5-27H2,1-4H3. The second kappa shape index (κ2) is 25.7. The van der Waals surface area contributed by atoms with E-state index in [4.69, 9.17) is 17.7 Å². The molecule has 0 aliphatic carbocycles. The summed E-state index contributed by atoms with van der Waals surface area (Å²) >= 11 is 0. The van der Waals surface area contributed by atoms with Gasteiger partial charge < -0.3 is 17.7 Å². The number of hydrogen-bond donors (Lipinski definition) is 0. The van der Waals surface area contributed by atoms with Gasteiger partial charge in [-0.3, -0.25) is 0 Å². The minimum Gasteiger partial charge on any atom is -0.351 e. The topological polar surface area (TPSA) is 36.9 Å². The van der Waals surface area contributed by atoms with E-state index in [9.17, 15) is 0 Å². The van der Waals surface area contributed by atoms with Crippen molar-refractivity contribution in [2.45, 2.75) is 150 Å². The molecule has 0 aromatic carbocycles. The molecule has 0 amide bonds. The molecule has 0 aliphatic rings. The van der Waals surface area contributed by atoms with Gasteiger partial charge in [-0.05, 0) is 25.7 Å². The molecule has 0 unspecified atom stereocenters. The van der Waals surface area contributed by atoms with Crippen molar-refractivity contribution in [2.24, 2.45) is 0 Å². The van der Waals surface area contributed by atoms with Crippen LogP contribution < -0.4 is 0 Å². The molecule has 0 N–H and O–H groups in total. The first-order chi connectivity index (χ1) is 15.7. The quantitative estimate of drug-likeness (QED) is 0.0879. The molecule has 0 fully saturated rings. The third kappa shape index (κ3) is 20.6. The van der Waals surface area contributed by atoms with E-state index in [0.717, 1.165) is 25.7 Å². The Bertz CT molecular complexity index is 314. The summed E-state index contributed by atoms with van der Waals surface area (Å²) in [6.07, 6.45) is 23.1. The van der Waals surface area contributed by atoms with Crippen molar-refractivity contribution in [3.63, 3.8) is 0 Å². The van der Waals surface area contributed by atoms with Gasteiger partial charge in [-0.25, -0.2) is 0 Å². The lowest BCUT2D eigenvalue weighted by atomic mass is 10.2. The molecule has 0 heterocycles. The van der Waals surface area contributed by atoms with Crippen LogP contribution in [0.15, 0.2) is 0 Å². The van der Waals surface area contributed by atoms with E-state index in [1.165, 1.54) is 96.3 Å². The van der Waals surface area contributed by atoms with Gasteiger partial charge in [0.05, 0.1) is 0 Å². The van der Waals surface area contributed by atoms with Gasteiger partial charge in [-0.15, -0.1) is 0 Å². The Kier molecular flexibility index (Phi) is 25.7. The van der Waals surface area contributed by atoms with Crippen LogP contribution in [-0.4, -0.2) is 35.5 Å². The van der Waals surface area contributed by atoms with Crippen LogP contribution in [0.2, 0.25) is 0 Å². The Labute approximate surface area is 203 Å². The van der Waals surface area contributed by atoms with Gasteiger partial charge in [-0.2, -0.15) is 0 Å². The molecular weight excluding hydrogens is 416 g/mol. The molecule has 194 valence electrons. The highest BCUT2D eigenvalue weighted by Crippen LogP contribution is 2.18. The largest absolute Gasteiger partial charge is 0.679 e. The maximum absolute atomic E-state index is 6.34. The molecule has 0 aromatic heterocycles. The van der Waals surface area contributed by atoms with Gasteiger partial charge in [0.15, 0.2) is 0 Å². The predicted octanol–water partition coefficient (Wildman–Crippen LogP) is 8.98. The van der Waals surface area contributed by atoms with Crippen molar-refractivity contribution in [2.75, 3.05) is 26.4 Å². The average molecular weight is 475 g/mol. The van der Waals surface area contributed by atoms with Crippen molar-refractivity contribution in [1.29, 1.82) is 0 Å². The molecule has 0 atom stereocenters. The van der Waals surface area contributed by atoms with Crippen LogP contribution in [0.3, 0.4) is 0 Å². The second-order valence-corrected chi connectivity index (χ2v) is 11.4. The number of hydrogen-bond acceptors (Lipinski definition) is 4. The molecule has 32 heavy (non-hydrogen) atoms. The monoisotopic (exact) mass is 474 g/mol. The molecule has 0 radical (unpaired) electrons.